The molecule has 3 aromatic rings. The summed E-state index contributed by atoms with van der Waals surface area (Å²) < 4.78 is 33.8. The second-order valence-electron chi connectivity index (χ2n) is 8.81. The molecule has 3 aromatic carbocycles. The van der Waals surface area contributed by atoms with E-state index in [9.17, 15) is 13.2 Å². The van der Waals surface area contributed by atoms with Gasteiger partial charge in [-0.15, -0.1) is 0 Å². The molecule has 1 N–H and O–H groups in total. The molecule has 0 spiro atoms. The van der Waals surface area contributed by atoms with E-state index < -0.39 is 15.9 Å². The SMILES string of the molecule is Cc1ccc(S(=O)(=O)N(CC(=O)NCC2(c3ccccc3)CCOCC2)c2ccccc2Cl)cc1. The van der Waals surface area contributed by atoms with Crippen LogP contribution in [0.25, 0.3) is 0 Å². The smallest absolute Gasteiger partial charge is 0.264 e. The minimum atomic E-state index is -4.03. The van der Waals surface area contributed by atoms with Crippen LogP contribution >= 0.6 is 11.6 Å². The Morgan fingerprint density at radius 1 is 0.971 bits per heavy atom. The maximum Gasteiger partial charge on any atom is 0.264 e. The number of carbonyl (C=O) groups excluding carboxylic acids is 1. The van der Waals surface area contributed by atoms with Crippen molar-refractivity contribution in [3.63, 3.8) is 0 Å². The van der Waals surface area contributed by atoms with Gasteiger partial charge in [0, 0.05) is 25.2 Å². The number of aryl methyl sites for hydroxylation is 1. The molecule has 35 heavy (non-hydrogen) atoms. The number of ether oxygens (including phenoxy) is 1. The van der Waals surface area contributed by atoms with E-state index in [0.717, 1.165) is 28.3 Å². The standard InChI is InChI=1S/C27H29ClN2O4S/c1-21-11-13-23(14-12-21)35(32,33)30(25-10-6-5-9-24(25)28)19-26(31)29-20-27(15-17-34-18-16-27)22-7-3-2-4-8-22/h2-14H,15-20H2,1H3,(H,29,31). The van der Waals surface area contributed by atoms with Crippen molar-refractivity contribution in [1.82, 2.24) is 5.32 Å². The van der Waals surface area contributed by atoms with Crippen LogP contribution in [0.1, 0.15) is 24.0 Å². The summed E-state index contributed by atoms with van der Waals surface area (Å²) in [5, 5.41) is 3.25. The third-order valence-electron chi connectivity index (χ3n) is 6.48. The number of para-hydroxylation sites is 1. The van der Waals surface area contributed by atoms with Crippen molar-refractivity contribution in [1.29, 1.82) is 0 Å². The number of carbonyl (C=O) groups is 1. The number of anilines is 1. The lowest BCUT2D eigenvalue weighted by Gasteiger charge is -2.38. The number of nitrogens with zero attached hydrogens (tertiary/aromatic N) is 1. The van der Waals surface area contributed by atoms with Crippen molar-refractivity contribution in [2.24, 2.45) is 0 Å². The van der Waals surface area contributed by atoms with E-state index in [-0.39, 0.29) is 27.6 Å². The Morgan fingerprint density at radius 2 is 1.60 bits per heavy atom. The Morgan fingerprint density at radius 3 is 2.26 bits per heavy atom. The third-order valence-corrected chi connectivity index (χ3v) is 8.57. The zero-order chi connectivity index (χ0) is 24.9. The number of halogens is 1. The first-order valence-electron chi connectivity index (χ1n) is 11.6. The summed E-state index contributed by atoms with van der Waals surface area (Å²) in [6, 6.07) is 23.2. The molecule has 0 saturated carbocycles. The van der Waals surface area contributed by atoms with Gasteiger partial charge in [-0.1, -0.05) is 71.8 Å². The highest BCUT2D eigenvalue weighted by Gasteiger charge is 2.35. The van der Waals surface area contributed by atoms with E-state index in [2.05, 4.69) is 17.4 Å². The fraction of sp³-hybridized carbons (Fsp3) is 0.296. The molecule has 1 fully saturated rings. The molecule has 184 valence electrons. The molecular formula is C27H29ClN2O4S. The highest BCUT2D eigenvalue weighted by atomic mass is 35.5. The molecule has 0 bridgehead atoms. The Hall–Kier alpha value is -2.87. The van der Waals surface area contributed by atoms with Crippen molar-refractivity contribution in [2.45, 2.75) is 30.1 Å². The Labute approximate surface area is 211 Å². The van der Waals surface area contributed by atoms with E-state index in [1.54, 1.807) is 48.5 Å². The molecule has 0 atom stereocenters. The zero-order valence-electron chi connectivity index (χ0n) is 19.6. The normalized spacial score (nSPS) is 15.4. The second-order valence-corrected chi connectivity index (χ2v) is 11.1. The number of sulfonamides is 1. The minimum Gasteiger partial charge on any atom is -0.381 e. The Bertz CT molecular complexity index is 1260. The summed E-state index contributed by atoms with van der Waals surface area (Å²) in [6.45, 7) is 3.10. The van der Waals surface area contributed by atoms with Gasteiger partial charge in [0.15, 0.2) is 0 Å². The van der Waals surface area contributed by atoms with Crippen LogP contribution in [-0.2, 0) is 25.0 Å². The summed E-state index contributed by atoms with van der Waals surface area (Å²) in [6.07, 6.45) is 1.54. The fourth-order valence-corrected chi connectivity index (χ4v) is 6.09. The summed E-state index contributed by atoms with van der Waals surface area (Å²) >= 11 is 6.37. The number of hydrogen-bond donors (Lipinski definition) is 1. The van der Waals surface area contributed by atoms with Gasteiger partial charge in [-0.2, -0.15) is 0 Å². The van der Waals surface area contributed by atoms with Gasteiger partial charge in [-0.25, -0.2) is 8.42 Å². The van der Waals surface area contributed by atoms with Gasteiger partial charge in [0.1, 0.15) is 6.54 Å². The first-order chi connectivity index (χ1) is 16.8. The topological polar surface area (TPSA) is 75.7 Å². The van der Waals surface area contributed by atoms with Crippen molar-refractivity contribution in [3.05, 3.63) is 95.0 Å². The van der Waals surface area contributed by atoms with Crippen molar-refractivity contribution < 1.29 is 17.9 Å². The zero-order valence-corrected chi connectivity index (χ0v) is 21.2. The summed E-state index contributed by atoms with van der Waals surface area (Å²) in [5.41, 5.74) is 2.07. The van der Waals surface area contributed by atoms with Gasteiger partial charge in [0.05, 0.1) is 15.6 Å². The first kappa shape index (κ1) is 25.2. The third kappa shape index (κ3) is 5.69. The molecule has 1 aliphatic heterocycles. The van der Waals surface area contributed by atoms with E-state index >= 15 is 0 Å². The van der Waals surface area contributed by atoms with Crippen LogP contribution in [0, 0.1) is 6.92 Å². The highest BCUT2D eigenvalue weighted by Crippen LogP contribution is 2.34. The molecule has 1 aliphatic rings. The average molecular weight is 513 g/mol. The van der Waals surface area contributed by atoms with Gasteiger partial charge in [0.25, 0.3) is 10.0 Å². The Kier molecular flexibility index (Phi) is 7.79. The molecule has 8 heteroatoms. The molecule has 0 unspecified atom stereocenters. The quantitative estimate of drug-likeness (QED) is 0.474. The van der Waals surface area contributed by atoms with E-state index in [1.807, 2.05) is 25.1 Å². The van der Waals surface area contributed by atoms with E-state index in [1.165, 1.54) is 0 Å². The summed E-state index contributed by atoms with van der Waals surface area (Å²) in [4.78, 5) is 13.3. The lowest BCUT2D eigenvalue weighted by molar-refractivity contribution is -0.120. The molecule has 1 amide bonds. The molecule has 6 nitrogen and oxygen atoms in total. The fourth-order valence-electron chi connectivity index (χ4n) is 4.37. The van der Waals surface area contributed by atoms with Crippen molar-refractivity contribution in [2.75, 3.05) is 30.6 Å². The van der Waals surface area contributed by atoms with Gasteiger partial charge in [-0.3, -0.25) is 9.10 Å². The van der Waals surface area contributed by atoms with Crippen LogP contribution in [0.3, 0.4) is 0 Å². The number of rotatable bonds is 8. The predicted molar refractivity (Wildman–Crippen MR) is 138 cm³/mol. The lowest BCUT2D eigenvalue weighted by Crippen LogP contribution is -2.48. The largest absolute Gasteiger partial charge is 0.381 e. The molecule has 1 heterocycles. The number of benzene rings is 3. The van der Waals surface area contributed by atoms with Crippen LogP contribution in [0.2, 0.25) is 5.02 Å². The van der Waals surface area contributed by atoms with Crippen LogP contribution < -0.4 is 9.62 Å². The van der Waals surface area contributed by atoms with Gasteiger partial charge >= 0.3 is 0 Å². The molecule has 0 aromatic heterocycles. The predicted octanol–water partition coefficient (Wildman–Crippen LogP) is 4.71. The van der Waals surface area contributed by atoms with Crippen molar-refractivity contribution in [3.8, 4) is 0 Å². The van der Waals surface area contributed by atoms with E-state index in [0.29, 0.717) is 19.8 Å². The van der Waals surface area contributed by atoms with Crippen LogP contribution in [-0.4, -0.2) is 40.6 Å². The molecule has 4 rings (SSSR count). The van der Waals surface area contributed by atoms with Crippen molar-refractivity contribution >= 4 is 33.2 Å². The number of hydrogen-bond acceptors (Lipinski definition) is 4. The number of nitrogens with one attached hydrogen (secondary N) is 1. The summed E-state index contributed by atoms with van der Waals surface area (Å²) in [5.74, 6) is -0.401. The molecule has 0 aliphatic carbocycles. The number of amides is 1. The maximum absolute atomic E-state index is 13.6. The van der Waals surface area contributed by atoms with Crippen LogP contribution in [0.5, 0.6) is 0 Å². The van der Waals surface area contributed by atoms with Gasteiger partial charge in [-0.05, 0) is 49.6 Å². The molecular weight excluding hydrogens is 484 g/mol. The average Bonchev–Trinajstić information content (AvgIpc) is 2.88. The first-order valence-corrected chi connectivity index (χ1v) is 13.4. The lowest BCUT2D eigenvalue weighted by atomic mass is 9.74. The monoisotopic (exact) mass is 512 g/mol. The maximum atomic E-state index is 13.6. The minimum absolute atomic E-state index is 0.0982. The van der Waals surface area contributed by atoms with E-state index in [4.69, 9.17) is 16.3 Å². The Balaban J connectivity index is 1.59. The van der Waals surface area contributed by atoms with Gasteiger partial charge < -0.3 is 10.1 Å². The van der Waals surface area contributed by atoms with Crippen LogP contribution in [0.4, 0.5) is 5.69 Å². The van der Waals surface area contributed by atoms with Crippen LogP contribution in [0.15, 0.2) is 83.8 Å². The summed E-state index contributed by atoms with van der Waals surface area (Å²) in [7, 11) is -4.03. The second kappa shape index (κ2) is 10.8. The molecule has 1 saturated heterocycles. The molecule has 0 radical (unpaired) electrons. The van der Waals surface area contributed by atoms with Gasteiger partial charge in [0.2, 0.25) is 5.91 Å². The highest BCUT2D eigenvalue weighted by molar-refractivity contribution is 7.92.